The fourth-order valence-corrected chi connectivity index (χ4v) is 2.75. The number of pyridine rings is 1. The summed E-state index contributed by atoms with van der Waals surface area (Å²) >= 11 is 0. The number of likely N-dealkylation sites (tertiary alicyclic amines) is 1. The standard InChI is InChI=1S/C14H19N5O/c1-20-14-12(3-2-6-15-14)9-19-7-4-11(5-8-19)13-16-10-17-18-13/h2-3,6,10-11H,4-5,7-9H2,1H3,(H,16,17,18). The van der Waals surface area contributed by atoms with Gasteiger partial charge in [0.25, 0.3) is 0 Å². The SMILES string of the molecule is COc1ncccc1CN1CCC(c2ncn[nH]2)CC1. The normalized spacial score (nSPS) is 17.2. The molecule has 0 bridgehead atoms. The molecule has 1 aliphatic rings. The predicted molar refractivity (Wildman–Crippen MR) is 74.4 cm³/mol. The average Bonchev–Trinajstić information content (AvgIpc) is 3.03. The van der Waals surface area contributed by atoms with Crippen molar-refractivity contribution in [3.63, 3.8) is 0 Å². The number of rotatable bonds is 4. The number of piperidine rings is 1. The molecule has 0 radical (unpaired) electrons. The van der Waals surface area contributed by atoms with Gasteiger partial charge in [-0.3, -0.25) is 10.00 Å². The lowest BCUT2D eigenvalue weighted by atomic mass is 9.96. The van der Waals surface area contributed by atoms with E-state index in [1.54, 1.807) is 19.6 Å². The van der Waals surface area contributed by atoms with Crippen molar-refractivity contribution in [2.75, 3.05) is 20.2 Å². The molecule has 20 heavy (non-hydrogen) atoms. The fourth-order valence-electron chi connectivity index (χ4n) is 2.75. The molecular weight excluding hydrogens is 254 g/mol. The summed E-state index contributed by atoms with van der Waals surface area (Å²) in [6.07, 6.45) is 5.57. The van der Waals surface area contributed by atoms with Gasteiger partial charge in [0.05, 0.1) is 7.11 Å². The van der Waals surface area contributed by atoms with Gasteiger partial charge in [-0.1, -0.05) is 6.07 Å². The van der Waals surface area contributed by atoms with Crippen LogP contribution < -0.4 is 4.74 Å². The molecule has 0 spiro atoms. The number of nitrogens with one attached hydrogen (secondary N) is 1. The van der Waals surface area contributed by atoms with E-state index in [4.69, 9.17) is 4.74 Å². The molecule has 1 N–H and O–H groups in total. The van der Waals surface area contributed by atoms with Gasteiger partial charge >= 0.3 is 0 Å². The molecule has 6 nitrogen and oxygen atoms in total. The van der Waals surface area contributed by atoms with E-state index >= 15 is 0 Å². The van der Waals surface area contributed by atoms with Crippen LogP contribution in [0.15, 0.2) is 24.7 Å². The van der Waals surface area contributed by atoms with E-state index in [0.717, 1.165) is 49.7 Å². The minimum absolute atomic E-state index is 0.504. The highest BCUT2D eigenvalue weighted by Gasteiger charge is 2.23. The lowest BCUT2D eigenvalue weighted by Gasteiger charge is -2.31. The van der Waals surface area contributed by atoms with Crippen molar-refractivity contribution in [3.8, 4) is 5.88 Å². The average molecular weight is 273 g/mol. The number of methoxy groups -OCH3 is 1. The van der Waals surface area contributed by atoms with Gasteiger partial charge in [-0.2, -0.15) is 5.10 Å². The highest BCUT2D eigenvalue weighted by Crippen LogP contribution is 2.26. The van der Waals surface area contributed by atoms with Crippen molar-refractivity contribution in [2.45, 2.75) is 25.3 Å². The Labute approximate surface area is 118 Å². The van der Waals surface area contributed by atoms with Crippen LogP contribution in [-0.2, 0) is 6.54 Å². The van der Waals surface area contributed by atoms with Crippen molar-refractivity contribution in [1.82, 2.24) is 25.1 Å². The van der Waals surface area contributed by atoms with Crippen LogP contribution in [0.25, 0.3) is 0 Å². The minimum Gasteiger partial charge on any atom is -0.481 e. The summed E-state index contributed by atoms with van der Waals surface area (Å²) in [6.45, 7) is 3.01. The lowest BCUT2D eigenvalue weighted by molar-refractivity contribution is 0.199. The maximum absolute atomic E-state index is 5.31. The summed E-state index contributed by atoms with van der Waals surface area (Å²) in [5, 5.41) is 6.91. The molecule has 0 aliphatic carbocycles. The smallest absolute Gasteiger partial charge is 0.217 e. The molecule has 0 saturated carbocycles. The summed E-state index contributed by atoms with van der Waals surface area (Å²) in [7, 11) is 1.67. The van der Waals surface area contributed by atoms with Crippen LogP contribution >= 0.6 is 0 Å². The molecule has 0 aromatic carbocycles. The molecule has 2 aromatic heterocycles. The van der Waals surface area contributed by atoms with Gasteiger partial charge < -0.3 is 4.74 Å². The van der Waals surface area contributed by atoms with Crippen LogP contribution in [0.1, 0.15) is 30.1 Å². The Balaban J connectivity index is 1.58. The Hall–Kier alpha value is -1.95. The van der Waals surface area contributed by atoms with Gasteiger partial charge in [0, 0.05) is 24.2 Å². The maximum atomic E-state index is 5.31. The summed E-state index contributed by atoms with van der Waals surface area (Å²) in [6, 6.07) is 4.04. The molecule has 0 atom stereocenters. The van der Waals surface area contributed by atoms with E-state index in [2.05, 4.69) is 31.1 Å². The third kappa shape index (κ3) is 2.80. The van der Waals surface area contributed by atoms with Crippen LogP contribution in [0.3, 0.4) is 0 Å². The van der Waals surface area contributed by atoms with Crippen LogP contribution in [0.2, 0.25) is 0 Å². The fraction of sp³-hybridized carbons (Fsp3) is 0.500. The molecule has 1 saturated heterocycles. The van der Waals surface area contributed by atoms with E-state index in [1.165, 1.54) is 0 Å². The summed E-state index contributed by atoms with van der Waals surface area (Å²) < 4.78 is 5.31. The van der Waals surface area contributed by atoms with E-state index in [1.807, 2.05) is 6.07 Å². The first-order valence-electron chi connectivity index (χ1n) is 6.92. The van der Waals surface area contributed by atoms with E-state index in [9.17, 15) is 0 Å². The zero-order valence-electron chi connectivity index (χ0n) is 11.6. The molecule has 3 heterocycles. The summed E-state index contributed by atoms with van der Waals surface area (Å²) in [5.41, 5.74) is 1.15. The monoisotopic (exact) mass is 273 g/mol. The third-order valence-electron chi connectivity index (χ3n) is 3.85. The third-order valence-corrected chi connectivity index (χ3v) is 3.85. The molecular formula is C14H19N5O. The van der Waals surface area contributed by atoms with E-state index < -0.39 is 0 Å². The summed E-state index contributed by atoms with van der Waals surface area (Å²) in [4.78, 5) is 10.9. The van der Waals surface area contributed by atoms with Crippen molar-refractivity contribution >= 4 is 0 Å². The van der Waals surface area contributed by atoms with Gasteiger partial charge in [0.2, 0.25) is 5.88 Å². The van der Waals surface area contributed by atoms with Gasteiger partial charge in [-0.05, 0) is 32.0 Å². The second-order valence-electron chi connectivity index (χ2n) is 5.09. The Morgan fingerprint density at radius 1 is 1.35 bits per heavy atom. The maximum Gasteiger partial charge on any atom is 0.217 e. The second kappa shape index (κ2) is 6.00. The number of aromatic nitrogens is 4. The van der Waals surface area contributed by atoms with Gasteiger partial charge in [-0.15, -0.1) is 0 Å². The van der Waals surface area contributed by atoms with Gasteiger partial charge in [0.15, 0.2) is 0 Å². The first-order chi connectivity index (χ1) is 9.86. The zero-order chi connectivity index (χ0) is 13.8. The topological polar surface area (TPSA) is 66.9 Å². The molecule has 1 aliphatic heterocycles. The van der Waals surface area contributed by atoms with E-state index in [-0.39, 0.29) is 0 Å². The van der Waals surface area contributed by atoms with Crippen molar-refractivity contribution in [2.24, 2.45) is 0 Å². The van der Waals surface area contributed by atoms with Crippen LogP contribution in [0.5, 0.6) is 5.88 Å². The Kier molecular flexibility index (Phi) is 3.92. The molecule has 1 fully saturated rings. The molecule has 0 unspecified atom stereocenters. The van der Waals surface area contributed by atoms with E-state index in [0.29, 0.717) is 5.92 Å². The quantitative estimate of drug-likeness (QED) is 0.916. The number of nitrogens with zero attached hydrogens (tertiary/aromatic N) is 4. The second-order valence-corrected chi connectivity index (χ2v) is 5.09. The van der Waals surface area contributed by atoms with Crippen LogP contribution in [0.4, 0.5) is 0 Å². The number of hydrogen-bond acceptors (Lipinski definition) is 5. The number of H-pyrrole nitrogens is 1. The Morgan fingerprint density at radius 3 is 2.90 bits per heavy atom. The highest BCUT2D eigenvalue weighted by atomic mass is 16.5. The molecule has 2 aromatic rings. The molecule has 3 rings (SSSR count). The van der Waals surface area contributed by atoms with Crippen LogP contribution in [0, 0.1) is 0 Å². The Bertz CT molecular complexity index is 534. The Morgan fingerprint density at radius 2 is 2.20 bits per heavy atom. The molecule has 6 heteroatoms. The number of ether oxygens (including phenoxy) is 1. The lowest BCUT2D eigenvalue weighted by Crippen LogP contribution is -2.32. The van der Waals surface area contributed by atoms with Crippen molar-refractivity contribution in [1.29, 1.82) is 0 Å². The first-order valence-corrected chi connectivity index (χ1v) is 6.92. The van der Waals surface area contributed by atoms with Crippen molar-refractivity contribution in [3.05, 3.63) is 36.0 Å². The molecule has 106 valence electrons. The largest absolute Gasteiger partial charge is 0.481 e. The zero-order valence-corrected chi connectivity index (χ0v) is 11.6. The van der Waals surface area contributed by atoms with Crippen LogP contribution in [-0.4, -0.2) is 45.3 Å². The van der Waals surface area contributed by atoms with Crippen molar-refractivity contribution < 1.29 is 4.74 Å². The highest BCUT2D eigenvalue weighted by molar-refractivity contribution is 5.25. The summed E-state index contributed by atoms with van der Waals surface area (Å²) in [5.74, 6) is 2.25. The minimum atomic E-state index is 0.504. The number of aromatic amines is 1. The van der Waals surface area contributed by atoms with Gasteiger partial charge in [-0.25, -0.2) is 9.97 Å². The first kappa shape index (κ1) is 13.1. The number of hydrogen-bond donors (Lipinski definition) is 1. The van der Waals surface area contributed by atoms with Gasteiger partial charge in [0.1, 0.15) is 12.2 Å². The molecule has 0 amide bonds. The predicted octanol–water partition coefficient (Wildman–Crippen LogP) is 1.59.